The Morgan fingerprint density at radius 3 is 3.00 bits per heavy atom. The van der Waals surface area contributed by atoms with Crippen LogP contribution in [0, 0.1) is 0 Å². The number of benzene rings is 1. The predicted octanol–water partition coefficient (Wildman–Crippen LogP) is 0.654. The molecule has 2 rings (SSSR count). The molecule has 2 aromatic rings. The number of hydrogen-bond donors (Lipinski definition) is 4. The number of aromatic amines is 1. The minimum atomic E-state index is -0.920. The molecule has 0 spiro atoms. The lowest BCUT2D eigenvalue weighted by Crippen LogP contribution is -2.01. The number of phenolic OH excluding ortho intramolecular Hbond substituents is 1. The smallest absolute Gasteiger partial charge is 0.305 e. The minimum absolute atomic E-state index is 0.00245. The summed E-state index contributed by atoms with van der Waals surface area (Å²) in [5, 5.41) is 26.0. The Bertz CT molecular complexity index is 618. The molecule has 8 heteroatoms. The van der Waals surface area contributed by atoms with Crippen LogP contribution < -0.4 is 10.7 Å². The van der Waals surface area contributed by atoms with E-state index in [1.807, 2.05) is 0 Å². The molecule has 0 radical (unpaired) electrons. The summed E-state index contributed by atoms with van der Waals surface area (Å²) in [5.74, 6) is 4.82. The van der Waals surface area contributed by atoms with Gasteiger partial charge in [-0.1, -0.05) is 22.6 Å². The Balaban J connectivity index is 2.54. The second-order valence-corrected chi connectivity index (χ2v) is 4.33. The van der Waals surface area contributed by atoms with Crippen LogP contribution in [0.3, 0.4) is 0 Å². The quantitative estimate of drug-likeness (QED) is 0.364. The van der Waals surface area contributed by atoms with Gasteiger partial charge < -0.3 is 21.0 Å². The van der Waals surface area contributed by atoms with Crippen LogP contribution in [0.15, 0.2) is 27.3 Å². The molecule has 1 aromatic carbocycles. The van der Waals surface area contributed by atoms with Crippen LogP contribution in [-0.4, -0.2) is 21.7 Å². The summed E-state index contributed by atoms with van der Waals surface area (Å²) in [6.07, 6.45) is -0.920. The molecule has 90 valence electrons. The van der Waals surface area contributed by atoms with Crippen molar-refractivity contribution in [3.8, 4) is 5.75 Å². The average molecular weight is 254 g/mol. The molecule has 1 aromatic heterocycles. The van der Waals surface area contributed by atoms with Gasteiger partial charge >= 0.3 is 4.87 Å². The Morgan fingerprint density at radius 1 is 1.53 bits per heavy atom. The standard InChI is InChI=1S/C9H10N4O3S/c10-13-11-3-6(15)4-1-2-5(14)7-8(4)17-9(16)12-7/h1-2,6,14-15H,3H2,(H2,10,11)(H,12,16)/t6-/m0/s1. The zero-order valence-corrected chi connectivity index (χ0v) is 9.44. The van der Waals surface area contributed by atoms with Gasteiger partial charge in [0.05, 0.1) is 11.2 Å². The van der Waals surface area contributed by atoms with Crippen molar-refractivity contribution in [1.82, 2.24) is 4.98 Å². The second-order valence-electron chi connectivity index (χ2n) is 3.35. The average Bonchev–Trinajstić information content (AvgIpc) is 2.69. The number of aliphatic hydroxyl groups is 1. The zero-order valence-electron chi connectivity index (χ0n) is 8.62. The number of nitrogens with one attached hydrogen (secondary N) is 1. The number of aromatic nitrogens is 1. The highest BCUT2D eigenvalue weighted by Crippen LogP contribution is 2.31. The van der Waals surface area contributed by atoms with Gasteiger partial charge in [-0.3, -0.25) is 4.79 Å². The molecule has 1 atom stereocenters. The number of aliphatic hydroxyl groups excluding tert-OH is 1. The molecule has 0 aliphatic heterocycles. The number of nitrogens with zero attached hydrogens (tertiary/aromatic N) is 2. The molecular weight excluding hydrogens is 244 g/mol. The normalized spacial score (nSPS) is 13.5. The second kappa shape index (κ2) is 4.52. The number of fused-ring (bicyclic) bond motifs is 1. The van der Waals surface area contributed by atoms with Gasteiger partial charge in [0.25, 0.3) is 0 Å². The lowest BCUT2D eigenvalue weighted by atomic mass is 10.1. The number of aromatic hydroxyl groups is 1. The van der Waals surface area contributed by atoms with E-state index in [4.69, 9.17) is 5.84 Å². The van der Waals surface area contributed by atoms with Gasteiger partial charge in [0.1, 0.15) is 17.4 Å². The number of hydrogen-bond acceptors (Lipinski definition) is 6. The molecular formula is C9H10N4O3S. The summed E-state index contributed by atoms with van der Waals surface area (Å²) in [6.45, 7) is 0.00245. The summed E-state index contributed by atoms with van der Waals surface area (Å²) in [7, 11) is 0. The summed E-state index contributed by atoms with van der Waals surface area (Å²) < 4.78 is 0.509. The first-order valence-electron chi connectivity index (χ1n) is 4.73. The highest BCUT2D eigenvalue weighted by molar-refractivity contribution is 7.16. The van der Waals surface area contributed by atoms with Gasteiger partial charge in [0.2, 0.25) is 0 Å². The fourth-order valence-electron chi connectivity index (χ4n) is 1.52. The lowest BCUT2D eigenvalue weighted by Gasteiger charge is -2.08. The van der Waals surface area contributed by atoms with Crippen molar-refractivity contribution in [2.45, 2.75) is 6.10 Å². The summed E-state index contributed by atoms with van der Waals surface area (Å²) in [6, 6.07) is 2.95. The van der Waals surface area contributed by atoms with Crippen LogP contribution in [0.5, 0.6) is 5.75 Å². The number of rotatable bonds is 3. The van der Waals surface area contributed by atoms with E-state index in [0.717, 1.165) is 11.3 Å². The topological polar surface area (TPSA) is 124 Å². The first kappa shape index (κ1) is 11.6. The van der Waals surface area contributed by atoms with Crippen molar-refractivity contribution in [2.24, 2.45) is 16.2 Å². The van der Waals surface area contributed by atoms with E-state index in [9.17, 15) is 15.0 Å². The third kappa shape index (κ3) is 2.12. The van der Waals surface area contributed by atoms with Crippen molar-refractivity contribution in [3.63, 3.8) is 0 Å². The van der Waals surface area contributed by atoms with Gasteiger partial charge in [0.15, 0.2) is 0 Å². The van der Waals surface area contributed by atoms with E-state index in [0.29, 0.717) is 15.8 Å². The van der Waals surface area contributed by atoms with E-state index in [-0.39, 0.29) is 17.2 Å². The van der Waals surface area contributed by atoms with Crippen molar-refractivity contribution >= 4 is 21.6 Å². The molecule has 7 nitrogen and oxygen atoms in total. The van der Waals surface area contributed by atoms with E-state index in [1.54, 1.807) is 0 Å². The molecule has 17 heavy (non-hydrogen) atoms. The van der Waals surface area contributed by atoms with Gasteiger partial charge in [0, 0.05) is 5.56 Å². The van der Waals surface area contributed by atoms with Crippen LogP contribution >= 0.6 is 11.3 Å². The molecule has 0 bridgehead atoms. The van der Waals surface area contributed by atoms with Gasteiger partial charge in [-0.2, -0.15) is 5.11 Å². The maximum absolute atomic E-state index is 11.2. The van der Waals surface area contributed by atoms with E-state index in [1.165, 1.54) is 12.1 Å². The van der Waals surface area contributed by atoms with Gasteiger partial charge in [-0.15, -0.1) is 0 Å². The third-order valence-corrected chi connectivity index (χ3v) is 3.21. The maximum Gasteiger partial charge on any atom is 0.305 e. The van der Waals surface area contributed by atoms with Crippen molar-refractivity contribution < 1.29 is 10.2 Å². The largest absolute Gasteiger partial charge is 0.506 e. The Kier molecular flexibility index (Phi) is 3.07. The highest BCUT2D eigenvalue weighted by Gasteiger charge is 2.15. The monoisotopic (exact) mass is 254 g/mol. The molecule has 0 aliphatic carbocycles. The van der Waals surface area contributed by atoms with E-state index < -0.39 is 6.10 Å². The molecule has 0 unspecified atom stereocenters. The molecule has 1 heterocycles. The highest BCUT2D eigenvalue weighted by atomic mass is 32.1. The molecule has 0 aliphatic rings. The lowest BCUT2D eigenvalue weighted by molar-refractivity contribution is 0.186. The molecule has 5 N–H and O–H groups in total. The van der Waals surface area contributed by atoms with Gasteiger partial charge in [-0.25, -0.2) is 0 Å². The maximum atomic E-state index is 11.2. The molecule has 0 saturated heterocycles. The van der Waals surface area contributed by atoms with Crippen molar-refractivity contribution in [3.05, 3.63) is 27.4 Å². The zero-order chi connectivity index (χ0) is 12.4. The fourth-order valence-corrected chi connectivity index (χ4v) is 2.44. The molecule has 0 amide bonds. The Morgan fingerprint density at radius 2 is 2.29 bits per heavy atom. The fraction of sp³-hybridized carbons (Fsp3) is 0.222. The van der Waals surface area contributed by atoms with Crippen LogP contribution in [0.4, 0.5) is 0 Å². The third-order valence-electron chi connectivity index (χ3n) is 2.28. The van der Waals surface area contributed by atoms with E-state index >= 15 is 0 Å². The van der Waals surface area contributed by atoms with Crippen LogP contribution in [0.25, 0.3) is 10.2 Å². The van der Waals surface area contributed by atoms with Crippen LogP contribution in [-0.2, 0) is 0 Å². The van der Waals surface area contributed by atoms with E-state index in [2.05, 4.69) is 15.3 Å². The Labute approximate surface area is 99.2 Å². The SMILES string of the molecule is NN=NC[C@H](O)c1ccc(O)c2[nH]c(=O)sc12. The molecule has 0 saturated carbocycles. The van der Waals surface area contributed by atoms with Crippen molar-refractivity contribution in [2.75, 3.05) is 6.54 Å². The number of nitrogens with two attached hydrogens (primary N) is 1. The summed E-state index contributed by atoms with van der Waals surface area (Å²) in [4.78, 5) is 13.4. The van der Waals surface area contributed by atoms with Crippen LogP contribution in [0.2, 0.25) is 0 Å². The van der Waals surface area contributed by atoms with Crippen LogP contribution in [0.1, 0.15) is 11.7 Å². The first-order valence-corrected chi connectivity index (χ1v) is 5.54. The number of thiazole rings is 1. The Hall–Kier alpha value is -1.93. The predicted molar refractivity (Wildman–Crippen MR) is 63.0 cm³/mol. The number of phenols is 1. The number of H-pyrrole nitrogens is 1. The van der Waals surface area contributed by atoms with Gasteiger partial charge in [-0.05, 0) is 6.07 Å². The minimum Gasteiger partial charge on any atom is -0.506 e. The summed E-state index contributed by atoms with van der Waals surface area (Å²) in [5.41, 5.74) is 0.829. The summed E-state index contributed by atoms with van der Waals surface area (Å²) >= 11 is 0.920. The first-order chi connectivity index (χ1) is 8.13. The molecule has 0 fully saturated rings. The van der Waals surface area contributed by atoms with Crippen molar-refractivity contribution in [1.29, 1.82) is 0 Å².